The quantitative estimate of drug-likeness (QED) is 0.542. The molecule has 0 aliphatic carbocycles. The molecule has 1 atom stereocenters. The fourth-order valence-corrected chi connectivity index (χ4v) is 4.52. The first-order chi connectivity index (χ1) is 15.0. The predicted molar refractivity (Wildman–Crippen MR) is 122 cm³/mol. The van der Waals surface area contributed by atoms with Crippen LogP contribution in [0, 0.1) is 12.3 Å². The first kappa shape index (κ1) is 22.6. The highest BCUT2D eigenvalue weighted by Gasteiger charge is 2.53. The summed E-state index contributed by atoms with van der Waals surface area (Å²) >= 11 is 0. The van der Waals surface area contributed by atoms with E-state index in [-0.39, 0.29) is 5.89 Å². The maximum absolute atomic E-state index is 12.3. The molecule has 1 aliphatic heterocycles. The van der Waals surface area contributed by atoms with Crippen molar-refractivity contribution in [2.75, 3.05) is 13.1 Å². The van der Waals surface area contributed by atoms with Gasteiger partial charge in [0.25, 0.3) is 5.89 Å². The molecule has 3 N–H and O–H groups in total. The molecule has 3 aromatic rings. The molecule has 32 heavy (non-hydrogen) atoms. The van der Waals surface area contributed by atoms with Crippen LogP contribution in [0.25, 0.3) is 11.4 Å². The summed E-state index contributed by atoms with van der Waals surface area (Å²) in [6, 6.07) is 8.09. The monoisotopic (exact) mass is 436 g/mol. The highest BCUT2D eigenvalue weighted by molar-refractivity contribution is 5.56. The third-order valence-electron chi connectivity index (χ3n) is 6.58. The standard InChI is InChI=1S/C25H32N4O3/c1-15(2)20-8-7-18(9-16(20)3)25(31,24(6)13-27-14-24)19-10-17(11-26-12-19)21-28-22(32-29-21)23(4,5)30/h7-12,15,27,30-31H,13-14H2,1-6H3/t25-/m0/s1. The molecular weight excluding hydrogens is 404 g/mol. The maximum atomic E-state index is 12.3. The summed E-state index contributed by atoms with van der Waals surface area (Å²) in [6.07, 6.45) is 3.34. The number of rotatable bonds is 6. The first-order valence-electron chi connectivity index (χ1n) is 11.0. The SMILES string of the molecule is Cc1cc([C@](O)(c2cncc(-c3noc(C(C)(C)O)n3)c2)C2(C)CNC2)ccc1C(C)C. The van der Waals surface area contributed by atoms with Crippen LogP contribution >= 0.6 is 0 Å². The fraction of sp³-hybridized carbons (Fsp3) is 0.480. The Morgan fingerprint density at radius 2 is 1.81 bits per heavy atom. The second kappa shape index (κ2) is 7.76. The Kier molecular flexibility index (Phi) is 5.48. The topological polar surface area (TPSA) is 104 Å². The van der Waals surface area contributed by atoms with Gasteiger partial charge in [-0.05, 0) is 49.4 Å². The second-order valence-corrected chi connectivity index (χ2v) is 10.0. The summed E-state index contributed by atoms with van der Waals surface area (Å²) in [4.78, 5) is 8.73. The van der Waals surface area contributed by atoms with E-state index in [1.54, 1.807) is 26.2 Å². The molecule has 1 fully saturated rings. The van der Waals surface area contributed by atoms with Gasteiger partial charge in [-0.1, -0.05) is 44.1 Å². The molecule has 7 nitrogen and oxygen atoms in total. The van der Waals surface area contributed by atoms with Crippen molar-refractivity contribution in [2.45, 2.75) is 58.7 Å². The molecule has 0 radical (unpaired) electrons. The molecule has 7 heteroatoms. The van der Waals surface area contributed by atoms with Crippen LogP contribution in [0.2, 0.25) is 0 Å². The Balaban J connectivity index is 1.83. The van der Waals surface area contributed by atoms with Gasteiger partial charge in [0.2, 0.25) is 5.82 Å². The lowest BCUT2D eigenvalue weighted by molar-refractivity contribution is -0.0769. The zero-order chi connectivity index (χ0) is 23.3. The van der Waals surface area contributed by atoms with Gasteiger partial charge in [0.15, 0.2) is 0 Å². The molecule has 0 bridgehead atoms. The van der Waals surface area contributed by atoms with Gasteiger partial charge in [-0.15, -0.1) is 0 Å². The summed E-state index contributed by atoms with van der Waals surface area (Å²) in [5.74, 6) is 0.858. The molecular formula is C25H32N4O3. The van der Waals surface area contributed by atoms with Gasteiger partial charge in [0.05, 0.1) is 0 Å². The minimum atomic E-state index is -1.26. The number of nitrogens with zero attached hydrogens (tertiary/aromatic N) is 3. The minimum Gasteiger partial charge on any atom is -0.381 e. The molecule has 170 valence electrons. The average Bonchev–Trinajstić information content (AvgIpc) is 3.22. The summed E-state index contributed by atoms with van der Waals surface area (Å²) < 4.78 is 5.23. The lowest BCUT2D eigenvalue weighted by Gasteiger charge is -2.52. The van der Waals surface area contributed by atoms with Crippen molar-refractivity contribution in [1.29, 1.82) is 0 Å². The number of nitrogens with one attached hydrogen (secondary N) is 1. The molecule has 1 saturated heterocycles. The van der Waals surface area contributed by atoms with Crippen LogP contribution in [-0.2, 0) is 11.2 Å². The Morgan fingerprint density at radius 3 is 2.34 bits per heavy atom. The van der Waals surface area contributed by atoms with E-state index in [9.17, 15) is 10.2 Å². The number of hydrogen-bond acceptors (Lipinski definition) is 7. The Morgan fingerprint density at radius 1 is 1.09 bits per heavy atom. The summed E-state index contributed by atoms with van der Waals surface area (Å²) in [5, 5.41) is 29.8. The van der Waals surface area contributed by atoms with E-state index < -0.39 is 16.6 Å². The van der Waals surface area contributed by atoms with Crippen LogP contribution in [0.15, 0.2) is 41.2 Å². The normalized spacial score (nSPS) is 17.8. The lowest BCUT2D eigenvalue weighted by Crippen LogP contribution is -2.63. The van der Waals surface area contributed by atoms with E-state index >= 15 is 0 Å². The van der Waals surface area contributed by atoms with Gasteiger partial charge in [-0.25, -0.2) is 0 Å². The second-order valence-electron chi connectivity index (χ2n) is 10.0. The summed E-state index contributed by atoms with van der Waals surface area (Å²) in [6.45, 7) is 13.1. The van der Waals surface area contributed by atoms with Gasteiger partial charge < -0.3 is 20.1 Å². The Bertz CT molecular complexity index is 1130. The molecule has 1 aromatic carbocycles. The molecule has 0 amide bonds. The minimum absolute atomic E-state index is 0.128. The van der Waals surface area contributed by atoms with Crippen LogP contribution in [0.1, 0.15) is 68.7 Å². The molecule has 2 aromatic heterocycles. The number of benzene rings is 1. The number of aliphatic hydroxyl groups is 2. The zero-order valence-electron chi connectivity index (χ0n) is 19.6. The third kappa shape index (κ3) is 3.64. The van der Waals surface area contributed by atoms with Gasteiger partial charge in [0.1, 0.15) is 11.2 Å². The van der Waals surface area contributed by atoms with Crippen LogP contribution in [0.5, 0.6) is 0 Å². The third-order valence-corrected chi connectivity index (χ3v) is 6.58. The first-order valence-corrected chi connectivity index (χ1v) is 11.0. The predicted octanol–water partition coefficient (Wildman–Crippen LogP) is 3.64. The fourth-order valence-electron chi connectivity index (χ4n) is 4.52. The van der Waals surface area contributed by atoms with E-state index in [1.165, 1.54) is 5.56 Å². The van der Waals surface area contributed by atoms with Crippen molar-refractivity contribution in [2.24, 2.45) is 5.41 Å². The highest BCUT2D eigenvalue weighted by atomic mass is 16.5. The van der Waals surface area contributed by atoms with Crippen molar-refractivity contribution in [1.82, 2.24) is 20.4 Å². The molecule has 0 saturated carbocycles. The molecule has 3 heterocycles. The summed E-state index contributed by atoms with van der Waals surface area (Å²) in [5.41, 5.74) is 1.65. The largest absolute Gasteiger partial charge is 0.381 e. The number of aromatic nitrogens is 3. The Labute approximate surface area is 188 Å². The summed E-state index contributed by atoms with van der Waals surface area (Å²) in [7, 11) is 0. The number of hydrogen-bond donors (Lipinski definition) is 3. The van der Waals surface area contributed by atoms with Crippen LogP contribution in [0.4, 0.5) is 0 Å². The average molecular weight is 437 g/mol. The lowest BCUT2D eigenvalue weighted by atomic mass is 9.62. The van der Waals surface area contributed by atoms with E-state index in [1.807, 2.05) is 12.1 Å². The van der Waals surface area contributed by atoms with Crippen molar-refractivity contribution in [3.8, 4) is 11.4 Å². The van der Waals surface area contributed by atoms with E-state index in [2.05, 4.69) is 60.3 Å². The van der Waals surface area contributed by atoms with Crippen molar-refractivity contribution >= 4 is 0 Å². The number of aryl methyl sites for hydroxylation is 1. The van der Waals surface area contributed by atoms with Gasteiger partial charge in [-0.3, -0.25) is 4.98 Å². The van der Waals surface area contributed by atoms with Gasteiger partial charge in [-0.2, -0.15) is 4.98 Å². The molecule has 1 aliphatic rings. The van der Waals surface area contributed by atoms with Crippen molar-refractivity contribution in [3.05, 3.63) is 64.8 Å². The smallest absolute Gasteiger partial charge is 0.258 e. The number of pyridine rings is 1. The van der Waals surface area contributed by atoms with Gasteiger partial charge >= 0.3 is 0 Å². The van der Waals surface area contributed by atoms with Crippen LogP contribution in [-0.4, -0.2) is 38.4 Å². The zero-order valence-corrected chi connectivity index (χ0v) is 19.6. The van der Waals surface area contributed by atoms with E-state index in [0.29, 0.717) is 36.0 Å². The highest BCUT2D eigenvalue weighted by Crippen LogP contribution is 2.48. The van der Waals surface area contributed by atoms with Crippen LogP contribution in [0.3, 0.4) is 0 Å². The molecule has 0 unspecified atom stereocenters. The maximum Gasteiger partial charge on any atom is 0.258 e. The molecule has 0 spiro atoms. The molecule has 4 rings (SSSR count). The Hall–Kier alpha value is -2.61. The van der Waals surface area contributed by atoms with E-state index in [0.717, 1.165) is 11.1 Å². The van der Waals surface area contributed by atoms with Crippen molar-refractivity contribution in [3.63, 3.8) is 0 Å². The van der Waals surface area contributed by atoms with E-state index in [4.69, 9.17) is 4.52 Å². The van der Waals surface area contributed by atoms with Gasteiger partial charge in [0, 0.05) is 42.0 Å². The van der Waals surface area contributed by atoms with Crippen molar-refractivity contribution < 1.29 is 14.7 Å². The van der Waals surface area contributed by atoms with Crippen LogP contribution < -0.4 is 5.32 Å².